The number of alkyl halides is 3. The Morgan fingerprint density at radius 1 is 0.958 bits per heavy atom. The molecule has 1 saturated carbocycles. The fourth-order valence-corrected chi connectivity index (χ4v) is 6.52. The number of carbonyl (C=O) groups is 4. The van der Waals surface area contributed by atoms with E-state index in [4.69, 9.17) is 15.2 Å². The molecule has 1 saturated heterocycles. The Hall–Kier alpha value is -4.30. The van der Waals surface area contributed by atoms with Gasteiger partial charge in [-0.3, -0.25) is 9.59 Å². The topological polar surface area (TPSA) is 149 Å². The molecule has 0 spiro atoms. The molecular formula is C33H43F3N6O6. The summed E-state index contributed by atoms with van der Waals surface area (Å²) < 4.78 is 54.3. The van der Waals surface area contributed by atoms with Crippen molar-refractivity contribution in [1.29, 1.82) is 0 Å². The zero-order valence-corrected chi connectivity index (χ0v) is 27.9. The van der Waals surface area contributed by atoms with Gasteiger partial charge in [0.25, 0.3) is 5.91 Å². The molecule has 0 unspecified atom stereocenters. The first-order valence-corrected chi connectivity index (χ1v) is 16.2. The van der Waals surface area contributed by atoms with Crippen molar-refractivity contribution in [1.82, 2.24) is 19.6 Å². The number of nitrogens with two attached hydrogens (primary N) is 1. The number of primary amides is 1. The summed E-state index contributed by atoms with van der Waals surface area (Å²) in [6, 6.07) is 4.30. The van der Waals surface area contributed by atoms with Crippen LogP contribution in [0.25, 0.3) is 5.69 Å². The molecule has 3 N–H and O–H groups in total. The standard InChI is InChI=1S/C33H43F3N6O6/c1-31(2,3)48-30(46)41-14-12-40(13-15-41)29(45)47-21-9-6-19(7-10-21)38-23-16-20(8-11-22(23)28(37)44)42-24-17-32(4,5)18-25(43)26(24)27(39-42)33(34,35)36/h8,11,16,19,21,38H,6-7,9-10,12-15,17-18H2,1-5H3,(H2,37,44)/t19-,21-. The quantitative estimate of drug-likeness (QED) is 0.418. The summed E-state index contributed by atoms with van der Waals surface area (Å²) >= 11 is 0. The van der Waals surface area contributed by atoms with Crippen LogP contribution in [0, 0.1) is 5.41 Å². The minimum Gasteiger partial charge on any atom is -0.446 e. The number of aromatic nitrogens is 2. The van der Waals surface area contributed by atoms with Crippen LogP contribution in [0.15, 0.2) is 18.2 Å². The largest absolute Gasteiger partial charge is 0.446 e. The number of carbonyl (C=O) groups excluding carboxylic acids is 4. The van der Waals surface area contributed by atoms with Gasteiger partial charge >= 0.3 is 18.4 Å². The first kappa shape index (κ1) is 35.0. The van der Waals surface area contributed by atoms with Gasteiger partial charge in [0.1, 0.15) is 11.7 Å². The van der Waals surface area contributed by atoms with Crippen molar-refractivity contribution >= 4 is 29.6 Å². The van der Waals surface area contributed by atoms with E-state index in [0.29, 0.717) is 57.5 Å². The average Bonchev–Trinajstić information content (AvgIpc) is 3.37. The number of hydrogen-bond donors (Lipinski definition) is 2. The maximum absolute atomic E-state index is 14.0. The Balaban J connectivity index is 1.24. The fourth-order valence-electron chi connectivity index (χ4n) is 6.52. The molecule has 0 atom stereocenters. The van der Waals surface area contributed by atoms with E-state index in [9.17, 15) is 32.3 Å². The number of hydrogen-bond acceptors (Lipinski definition) is 8. The highest BCUT2D eigenvalue weighted by atomic mass is 19.4. The predicted octanol–water partition coefficient (Wildman–Crippen LogP) is 5.56. The van der Waals surface area contributed by atoms with Gasteiger partial charge in [0.15, 0.2) is 11.5 Å². The highest BCUT2D eigenvalue weighted by Gasteiger charge is 2.45. The summed E-state index contributed by atoms with van der Waals surface area (Å²) in [7, 11) is 0. The SMILES string of the molecule is CC1(C)CC(=O)c2c(C(F)(F)F)nn(-c3ccc(C(N)=O)c(N[C@H]4CC[C@H](OC(=O)N5CCN(C(=O)OC(C)(C)C)CC5)CC4)c3)c2C1. The maximum atomic E-state index is 14.0. The lowest BCUT2D eigenvalue weighted by atomic mass is 9.75. The number of piperazine rings is 1. The normalized spacial score (nSPS) is 21.4. The minimum absolute atomic E-state index is 0.0229. The second-order valence-corrected chi connectivity index (χ2v) is 14.6. The van der Waals surface area contributed by atoms with Gasteiger partial charge in [-0.15, -0.1) is 0 Å². The Morgan fingerprint density at radius 2 is 1.56 bits per heavy atom. The number of benzene rings is 1. The third-order valence-electron chi connectivity index (χ3n) is 8.82. The smallest absolute Gasteiger partial charge is 0.435 e. The zero-order valence-electron chi connectivity index (χ0n) is 27.9. The molecule has 3 aliphatic rings. The Bertz CT molecular complexity index is 1580. The van der Waals surface area contributed by atoms with E-state index in [2.05, 4.69) is 10.4 Å². The number of anilines is 1. The summed E-state index contributed by atoms with van der Waals surface area (Å²) in [4.78, 5) is 53.5. The third-order valence-corrected chi connectivity index (χ3v) is 8.82. The highest BCUT2D eigenvalue weighted by molar-refractivity contribution is 6.00. The van der Waals surface area contributed by atoms with Crippen molar-refractivity contribution in [2.75, 3.05) is 31.5 Å². The van der Waals surface area contributed by atoms with Crippen LogP contribution in [0.1, 0.15) is 98.8 Å². The number of nitrogens with one attached hydrogen (secondary N) is 1. The summed E-state index contributed by atoms with van der Waals surface area (Å²) in [6.07, 6.45) is -3.55. The van der Waals surface area contributed by atoms with Crippen molar-refractivity contribution in [2.45, 2.75) is 97.1 Å². The molecule has 0 bridgehead atoms. The van der Waals surface area contributed by atoms with Gasteiger partial charge < -0.3 is 30.3 Å². The van der Waals surface area contributed by atoms with Crippen LogP contribution in [0.2, 0.25) is 0 Å². The van der Waals surface area contributed by atoms with Gasteiger partial charge in [0, 0.05) is 44.3 Å². The van der Waals surface area contributed by atoms with Gasteiger partial charge in [-0.25, -0.2) is 14.3 Å². The van der Waals surface area contributed by atoms with Gasteiger partial charge in [0.2, 0.25) is 0 Å². The molecule has 2 heterocycles. The number of ether oxygens (including phenoxy) is 2. The van der Waals surface area contributed by atoms with Crippen LogP contribution >= 0.6 is 0 Å². The summed E-state index contributed by atoms with van der Waals surface area (Å²) in [5.74, 6) is -1.32. The highest BCUT2D eigenvalue weighted by Crippen LogP contribution is 2.42. The molecule has 2 fully saturated rings. The number of Topliss-reactive ketones (excluding diaryl/α,β-unsaturated/α-hetero) is 1. The minimum atomic E-state index is -4.82. The van der Waals surface area contributed by atoms with E-state index in [1.54, 1.807) is 30.6 Å². The first-order valence-electron chi connectivity index (χ1n) is 16.2. The van der Waals surface area contributed by atoms with Crippen LogP contribution < -0.4 is 11.1 Å². The van der Waals surface area contributed by atoms with E-state index in [1.807, 2.05) is 13.8 Å². The lowest BCUT2D eigenvalue weighted by molar-refractivity contribution is -0.141. The van der Waals surface area contributed by atoms with Crippen LogP contribution in [-0.4, -0.2) is 87.4 Å². The van der Waals surface area contributed by atoms with Crippen molar-refractivity contribution in [3.05, 3.63) is 40.7 Å². The molecule has 2 aliphatic carbocycles. The second-order valence-electron chi connectivity index (χ2n) is 14.6. The number of fused-ring (bicyclic) bond motifs is 1. The maximum Gasteiger partial charge on any atom is 0.435 e. The Labute approximate surface area is 277 Å². The summed E-state index contributed by atoms with van der Waals surface area (Å²) in [6.45, 7) is 10.4. The monoisotopic (exact) mass is 676 g/mol. The molecule has 2 aromatic rings. The van der Waals surface area contributed by atoms with Gasteiger partial charge in [-0.1, -0.05) is 13.8 Å². The Morgan fingerprint density at radius 3 is 2.12 bits per heavy atom. The van der Waals surface area contributed by atoms with Crippen molar-refractivity contribution < 1.29 is 41.8 Å². The van der Waals surface area contributed by atoms with Crippen LogP contribution in [-0.2, 0) is 22.1 Å². The molecule has 48 heavy (non-hydrogen) atoms. The third kappa shape index (κ3) is 7.87. The molecule has 12 nitrogen and oxygen atoms in total. The number of rotatable bonds is 5. The predicted molar refractivity (Wildman–Crippen MR) is 169 cm³/mol. The first-order chi connectivity index (χ1) is 22.3. The fraction of sp³-hybridized carbons (Fsp3) is 0.606. The number of ketones is 1. The molecule has 262 valence electrons. The zero-order chi connectivity index (χ0) is 35.2. The number of halogens is 3. The van der Waals surface area contributed by atoms with E-state index in [-0.39, 0.29) is 41.9 Å². The second kappa shape index (κ2) is 13.0. The van der Waals surface area contributed by atoms with E-state index in [0.717, 1.165) is 4.68 Å². The van der Waals surface area contributed by atoms with Crippen molar-refractivity contribution in [3.63, 3.8) is 0 Å². The number of nitrogens with zero attached hydrogens (tertiary/aromatic N) is 4. The van der Waals surface area contributed by atoms with Crippen molar-refractivity contribution in [2.24, 2.45) is 11.1 Å². The molecule has 1 aromatic heterocycles. The molecular weight excluding hydrogens is 633 g/mol. The lowest BCUT2D eigenvalue weighted by Gasteiger charge is -2.36. The van der Waals surface area contributed by atoms with Gasteiger partial charge in [0.05, 0.1) is 22.5 Å². The molecule has 1 aliphatic heterocycles. The van der Waals surface area contributed by atoms with Gasteiger partial charge in [-0.05, 0) is 76.5 Å². The number of amides is 3. The Kier molecular flexibility index (Phi) is 9.45. The summed E-state index contributed by atoms with van der Waals surface area (Å²) in [5.41, 5.74) is 3.78. The van der Waals surface area contributed by atoms with Crippen LogP contribution in [0.5, 0.6) is 0 Å². The molecule has 5 rings (SSSR count). The summed E-state index contributed by atoms with van der Waals surface area (Å²) in [5, 5.41) is 7.18. The molecule has 3 amide bonds. The van der Waals surface area contributed by atoms with E-state index in [1.165, 1.54) is 18.2 Å². The van der Waals surface area contributed by atoms with E-state index < -0.39 is 52.3 Å². The van der Waals surface area contributed by atoms with Crippen LogP contribution in [0.4, 0.5) is 28.4 Å². The average molecular weight is 677 g/mol. The lowest BCUT2D eigenvalue weighted by Crippen LogP contribution is -2.52. The molecule has 0 radical (unpaired) electrons. The van der Waals surface area contributed by atoms with Gasteiger partial charge in [-0.2, -0.15) is 18.3 Å². The molecule has 15 heteroatoms. The van der Waals surface area contributed by atoms with Crippen LogP contribution in [0.3, 0.4) is 0 Å². The molecule has 1 aromatic carbocycles. The van der Waals surface area contributed by atoms with Crippen molar-refractivity contribution in [3.8, 4) is 5.69 Å². The van der Waals surface area contributed by atoms with E-state index >= 15 is 0 Å².